The predicted molar refractivity (Wildman–Crippen MR) is 113 cm³/mol. The van der Waals surface area contributed by atoms with E-state index < -0.39 is 35.3 Å². The molecular weight excluding hydrogens is 400 g/mol. The van der Waals surface area contributed by atoms with Gasteiger partial charge in [0.05, 0.1) is 6.10 Å². The quantitative estimate of drug-likeness (QED) is 0.283. The summed E-state index contributed by atoms with van der Waals surface area (Å²) in [6.45, 7) is 14.7. The minimum absolute atomic E-state index is 0.166. The van der Waals surface area contributed by atoms with Crippen LogP contribution in [0.15, 0.2) is 24.3 Å². The Hall–Kier alpha value is -2.15. The summed E-state index contributed by atoms with van der Waals surface area (Å²) < 4.78 is 23.6. The highest BCUT2D eigenvalue weighted by molar-refractivity contribution is 5.89. The number of ether oxygens (including phenoxy) is 4. The first-order valence-corrected chi connectivity index (χ1v) is 11.1. The molecule has 3 aliphatic heterocycles. The molecule has 6 atom stereocenters. The third kappa shape index (κ3) is 5.03. The Kier molecular flexibility index (Phi) is 6.65. The number of carbonyl (C=O) groups is 3. The lowest BCUT2D eigenvalue weighted by atomic mass is 9.80. The summed E-state index contributed by atoms with van der Waals surface area (Å²) in [5.74, 6) is -1.55. The molecule has 7 heteroatoms. The van der Waals surface area contributed by atoms with Crippen molar-refractivity contribution in [3.05, 3.63) is 24.3 Å². The topological polar surface area (TPSA) is 88.1 Å². The van der Waals surface area contributed by atoms with Crippen LogP contribution in [0, 0.1) is 5.92 Å². The molecule has 0 N–H and O–H groups in total. The Bertz CT molecular complexity index is 787. The highest BCUT2D eigenvalue weighted by atomic mass is 16.6. The molecule has 3 heterocycles. The Morgan fingerprint density at radius 3 is 2.23 bits per heavy atom. The van der Waals surface area contributed by atoms with Gasteiger partial charge in [0.1, 0.15) is 23.4 Å². The van der Waals surface area contributed by atoms with E-state index in [0.29, 0.717) is 44.1 Å². The van der Waals surface area contributed by atoms with Crippen molar-refractivity contribution in [2.45, 2.75) is 102 Å². The minimum Gasteiger partial charge on any atom is -0.459 e. The van der Waals surface area contributed by atoms with Crippen LogP contribution in [0.5, 0.6) is 0 Å². The van der Waals surface area contributed by atoms with Crippen LogP contribution >= 0.6 is 0 Å². The fourth-order valence-corrected chi connectivity index (χ4v) is 5.05. The van der Waals surface area contributed by atoms with Gasteiger partial charge >= 0.3 is 17.9 Å². The second-order valence-corrected chi connectivity index (χ2v) is 9.55. The van der Waals surface area contributed by atoms with E-state index >= 15 is 0 Å². The highest BCUT2D eigenvalue weighted by Gasteiger charge is 2.49. The lowest BCUT2D eigenvalue weighted by Gasteiger charge is -2.36. The monoisotopic (exact) mass is 434 g/mol. The highest BCUT2D eigenvalue weighted by Crippen LogP contribution is 2.44. The number of carbonyl (C=O) groups excluding carboxylic acids is 3. The summed E-state index contributed by atoms with van der Waals surface area (Å²) >= 11 is 0. The molecular formula is C24H34O7. The molecule has 0 aromatic rings. The molecule has 3 rings (SSSR count). The smallest absolute Gasteiger partial charge is 0.334 e. The maximum absolute atomic E-state index is 12.9. The Balaban J connectivity index is 2.00. The fraction of sp³-hybridized carbons (Fsp3) is 0.708. The van der Waals surface area contributed by atoms with Crippen LogP contribution < -0.4 is 0 Å². The van der Waals surface area contributed by atoms with Crippen molar-refractivity contribution >= 4 is 17.9 Å². The Morgan fingerprint density at radius 1 is 0.968 bits per heavy atom. The second kappa shape index (κ2) is 8.77. The summed E-state index contributed by atoms with van der Waals surface area (Å²) in [5, 5.41) is 0. The van der Waals surface area contributed by atoms with Crippen molar-refractivity contribution in [1.82, 2.24) is 0 Å². The molecule has 7 nitrogen and oxygen atoms in total. The molecule has 3 saturated heterocycles. The van der Waals surface area contributed by atoms with Crippen LogP contribution in [0.3, 0.4) is 0 Å². The van der Waals surface area contributed by atoms with Gasteiger partial charge in [0, 0.05) is 19.4 Å². The van der Waals surface area contributed by atoms with Gasteiger partial charge in [-0.05, 0) is 70.3 Å². The molecule has 0 aliphatic carbocycles. The molecule has 0 saturated carbocycles. The number of rotatable bonds is 2. The molecule has 31 heavy (non-hydrogen) atoms. The summed E-state index contributed by atoms with van der Waals surface area (Å²) in [6.07, 6.45) is 2.74. The number of hydrogen-bond donors (Lipinski definition) is 0. The number of esters is 3. The third-order valence-electron chi connectivity index (χ3n) is 7.04. The van der Waals surface area contributed by atoms with Crippen molar-refractivity contribution in [2.75, 3.05) is 0 Å². The molecule has 0 aromatic heterocycles. The van der Waals surface area contributed by atoms with Gasteiger partial charge in [0.2, 0.25) is 0 Å². The van der Waals surface area contributed by atoms with Gasteiger partial charge in [-0.1, -0.05) is 13.2 Å². The van der Waals surface area contributed by atoms with Crippen molar-refractivity contribution < 1.29 is 33.3 Å². The average molecular weight is 435 g/mol. The van der Waals surface area contributed by atoms with Crippen molar-refractivity contribution in [3.8, 4) is 0 Å². The van der Waals surface area contributed by atoms with Crippen LogP contribution in [0.25, 0.3) is 0 Å². The van der Waals surface area contributed by atoms with E-state index in [4.69, 9.17) is 18.9 Å². The fourth-order valence-electron chi connectivity index (χ4n) is 5.05. The maximum atomic E-state index is 12.9. The zero-order valence-corrected chi connectivity index (χ0v) is 19.0. The molecule has 0 unspecified atom stereocenters. The summed E-state index contributed by atoms with van der Waals surface area (Å²) in [6, 6.07) is 0. The van der Waals surface area contributed by atoms with Gasteiger partial charge < -0.3 is 18.9 Å². The van der Waals surface area contributed by atoms with E-state index in [-0.39, 0.29) is 18.0 Å². The van der Waals surface area contributed by atoms with E-state index in [1.807, 2.05) is 13.8 Å². The Labute approximate surface area is 184 Å². The molecule has 172 valence electrons. The van der Waals surface area contributed by atoms with E-state index in [1.165, 1.54) is 13.8 Å². The maximum Gasteiger partial charge on any atom is 0.334 e. The predicted octanol–water partition coefficient (Wildman–Crippen LogP) is 3.80. The standard InChI is InChI=1S/C24H34O7/c1-14-7-8-20(28-16(3)25)23(5)11-9-18(15(2)22(27)31-23)13-21(29-17(4)26)24(6)12-10-19(14)30-24/h18-21H,1-2,7-13H2,3-6H3/t18-,19-,20-,21+,23-,24-/m1/s1. The first kappa shape index (κ1) is 23.5. The summed E-state index contributed by atoms with van der Waals surface area (Å²) in [5.41, 5.74) is -0.409. The van der Waals surface area contributed by atoms with Gasteiger partial charge in [-0.2, -0.15) is 0 Å². The van der Waals surface area contributed by atoms with Crippen molar-refractivity contribution in [2.24, 2.45) is 5.92 Å². The van der Waals surface area contributed by atoms with Crippen LogP contribution in [0.2, 0.25) is 0 Å². The number of hydrogen-bond acceptors (Lipinski definition) is 7. The zero-order chi connectivity index (χ0) is 23.0. The van der Waals surface area contributed by atoms with Crippen LogP contribution in [-0.2, 0) is 33.3 Å². The average Bonchev–Trinajstić information content (AvgIpc) is 3.04. The normalized spacial score (nSPS) is 38.9. The van der Waals surface area contributed by atoms with E-state index in [1.54, 1.807) is 0 Å². The van der Waals surface area contributed by atoms with Crippen LogP contribution in [-0.4, -0.2) is 47.4 Å². The summed E-state index contributed by atoms with van der Waals surface area (Å²) in [4.78, 5) is 36.6. The molecule has 4 bridgehead atoms. The van der Waals surface area contributed by atoms with Crippen molar-refractivity contribution in [1.29, 1.82) is 0 Å². The van der Waals surface area contributed by atoms with Gasteiger partial charge in [-0.25, -0.2) is 4.79 Å². The zero-order valence-electron chi connectivity index (χ0n) is 19.0. The van der Waals surface area contributed by atoms with Gasteiger partial charge in [0.15, 0.2) is 0 Å². The molecule has 3 aliphatic rings. The molecule has 3 fully saturated rings. The molecule has 0 aromatic carbocycles. The lowest BCUT2D eigenvalue weighted by molar-refractivity contribution is -0.180. The van der Waals surface area contributed by atoms with E-state index in [0.717, 1.165) is 12.0 Å². The third-order valence-corrected chi connectivity index (χ3v) is 7.04. The molecule has 0 spiro atoms. The van der Waals surface area contributed by atoms with Gasteiger partial charge in [0.25, 0.3) is 0 Å². The van der Waals surface area contributed by atoms with Gasteiger partial charge in [-0.3, -0.25) is 9.59 Å². The van der Waals surface area contributed by atoms with E-state index in [9.17, 15) is 14.4 Å². The van der Waals surface area contributed by atoms with Crippen LogP contribution in [0.4, 0.5) is 0 Å². The first-order chi connectivity index (χ1) is 14.4. The van der Waals surface area contributed by atoms with Crippen LogP contribution in [0.1, 0.15) is 72.6 Å². The minimum atomic E-state index is -0.977. The molecule has 0 amide bonds. The van der Waals surface area contributed by atoms with Gasteiger partial charge in [-0.15, -0.1) is 0 Å². The largest absolute Gasteiger partial charge is 0.459 e. The van der Waals surface area contributed by atoms with Crippen molar-refractivity contribution in [3.63, 3.8) is 0 Å². The van der Waals surface area contributed by atoms with E-state index in [2.05, 4.69) is 13.2 Å². The SMILES string of the molecule is C=C1C(=O)O[C@]2(C)CC[C@@H]1C[C@H](OC(C)=O)[C@@]1(C)CC[C@@H](O1)C(=C)CC[C@H]2OC(C)=O. The number of fused-ring (bicyclic) bond motifs is 5. The Morgan fingerprint density at radius 2 is 1.58 bits per heavy atom. The lowest BCUT2D eigenvalue weighted by Crippen LogP contribution is -2.45. The second-order valence-electron chi connectivity index (χ2n) is 9.55. The summed E-state index contributed by atoms with van der Waals surface area (Å²) in [7, 11) is 0. The first-order valence-electron chi connectivity index (χ1n) is 11.1. The molecule has 0 radical (unpaired) electrons.